The molecule has 0 bridgehead atoms. The quantitative estimate of drug-likeness (QED) is 0.785. The Bertz CT molecular complexity index is 539. The molecule has 0 aromatic heterocycles. The predicted octanol–water partition coefficient (Wildman–Crippen LogP) is 3.34. The van der Waals surface area contributed by atoms with E-state index in [1.807, 2.05) is 30.3 Å². The summed E-state index contributed by atoms with van der Waals surface area (Å²) in [5.74, 6) is 0.798. The number of ether oxygens (including phenoxy) is 1. The molecule has 0 heterocycles. The highest BCUT2D eigenvalue weighted by Crippen LogP contribution is 2.13. The number of aliphatic hydroxyl groups is 1. The summed E-state index contributed by atoms with van der Waals surface area (Å²) < 4.78 is 5.62. The minimum atomic E-state index is -0.531. The van der Waals surface area contributed by atoms with Crippen molar-refractivity contribution in [1.82, 2.24) is 5.32 Å². The van der Waals surface area contributed by atoms with Gasteiger partial charge >= 0.3 is 0 Å². The van der Waals surface area contributed by atoms with E-state index in [1.54, 1.807) is 0 Å². The Morgan fingerprint density at radius 3 is 2.36 bits per heavy atom. The zero-order chi connectivity index (χ0) is 15.8. The van der Waals surface area contributed by atoms with E-state index in [0.717, 1.165) is 12.2 Å². The summed E-state index contributed by atoms with van der Waals surface area (Å²) in [7, 11) is 0. The lowest BCUT2D eigenvalue weighted by molar-refractivity contribution is 0.104. The van der Waals surface area contributed by atoms with Gasteiger partial charge in [-0.25, -0.2) is 0 Å². The van der Waals surface area contributed by atoms with Crippen LogP contribution in [-0.4, -0.2) is 24.4 Å². The Balaban J connectivity index is 1.72. The minimum Gasteiger partial charge on any atom is -0.491 e. The lowest BCUT2D eigenvalue weighted by Gasteiger charge is -2.18. The van der Waals surface area contributed by atoms with E-state index in [9.17, 15) is 5.11 Å². The van der Waals surface area contributed by atoms with Crippen LogP contribution in [0.2, 0.25) is 0 Å². The van der Waals surface area contributed by atoms with Crippen molar-refractivity contribution < 1.29 is 9.84 Å². The molecule has 0 amide bonds. The number of hydrogen-bond donors (Lipinski definition) is 2. The SMILES string of the molecule is CCc1ccc(OC[C@@H](O)CN[C@H](C)c2ccccc2)cc1. The number of benzene rings is 2. The molecule has 0 saturated heterocycles. The molecule has 0 spiro atoms. The van der Waals surface area contributed by atoms with Crippen molar-refractivity contribution in [2.24, 2.45) is 0 Å². The van der Waals surface area contributed by atoms with Crippen molar-refractivity contribution in [3.05, 3.63) is 65.7 Å². The molecule has 0 aliphatic rings. The fourth-order valence-electron chi connectivity index (χ4n) is 2.25. The molecule has 0 aliphatic heterocycles. The Morgan fingerprint density at radius 2 is 1.73 bits per heavy atom. The van der Waals surface area contributed by atoms with Crippen LogP contribution in [0.3, 0.4) is 0 Å². The second-order valence-corrected chi connectivity index (χ2v) is 5.50. The van der Waals surface area contributed by atoms with Gasteiger partial charge in [-0.2, -0.15) is 0 Å². The molecule has 3 heteroatoms. The lowest BCUT2D eigenvalue weighted by Crippen LogP contribution is -2.33. The molecule has 2 atom stereocenters. The van der Waals surface area contributed by atoms with Crippen LogP contribution in [0.15, 0.2) is 54.6 Å². The molecular formula is C19H25NO2. The average Bonchev–Trinajstić information content (AvgIpc) is 2.59. The second kappa shape index (κ2) is 8.57. The number of aliphatic hydroxyl groups excluding tert-OH is 1. The Labute approximate surface area is 133 Å². The van der Waals surface area contributed by atoms with Crippen LogP contribution in [0.1, 0.15) is 31.0 Å². The van der Waals surface area contributed by atoms with Gasteiger partial charge in [0.25, 0.3) is 0 Å². The van der Waals surface area contributed by atoms with Gasteiger partial charge in [0.15, 0.2) is 0 Å². The van der Waals surface area contributed by atoms with Crippen LogP contribution < -0.4 is 10.1 Å². The smallest absolute Gasteiger partial charge is 0.119 e. The van der Waals surface area contributed by atoms with Crippen LogP contribution in [-0.2, 0) is 6.42 Å². The fraction of sp³-hybridized carbons (Fsp3) is 0.368. The molecule has 22 heavy (non-hydrogen) atoms. The highest BCUT2D eigenvalue weighted by molar-refractivity contribution is 5.27. The van der Waals surface area contributed by atoms with Gasteiger partial charge in [0.05, 0.1) is 0 Å². The van der Waals surface area contributed by atoms with Crippen molar-refractivity contribution in [3.8, 4) is 5.75 Å². The molecule has 3 nitrogen and oxygen atoms in total. The lowest BCUT2D eigenvalue weighted by atomic mass is 10.1. The molecule has 0 saturated carbocycles. The van der Waals surface area contributed by atoms with E-state index < -0.39 is 6.10 Å². The monoisotopic (exact) mass is 299 g/mol. The van der Waals surface area contributed by atoms with E-state index in [4.69, 9.17) is 4.74 Å². The molecule has 118 valence electrons. The van der Waals surface area contributed by atoms with Crippen molar-refractivity contribution in [2.75, 3.05) is 13.2 Å². The topological polar surface area (TPSA) is 41.5 Å². The zero-order valence-electron chi connectivity index (χ0n) is 13.3. The summed E-state index contributed by atoms with van der Waals surface area (Å²) in [4.78, 5) is 0. The van der Waals surface area contributed by atoms with Crippen LogP contribution in [0.25, 0.3) is 0 Å². The third-order valence-electron chi connectivity index (χ3n) is 3.73. The summed E-state index contributed by atoms with van der Waals surface area (Å²) >= 11 is 0. The fourth-order valence-corrected chi connectivity index (χ4v) is 2.25. The van der Waals surface area contributed by atoms with Gasteiger partial charge in [0.1, 0.15) is 18.5 Å². The van der Waals surface area contributed by atoms with Crippen LogP contribution in [0, 0.1) is 0 Å². The normalized spacial score (nSPS) is 13.6. The van der Waals surface area contributed by atoms with Gasteiger partial charge in [-0.3, -0.25) is 0 Å². The summed E-state index contributed by atoms with van der Waals surface area (Å²) in [5.41, 5.74) is 2.50. The standard InChI is InChI=1S/C19H25NO2/c1-3-16-9-11-19(12-10-16)22-14-18(21)13-20-15(2)17-7-5-4-6-8-17/h4-12,15,18,20-21H,3,13-14H2,1-2H3/t15-,18+/m1/s1. The van der Waals surface area contributed by atoms with E-state index in [1.165, 1.54) is 11.1 Å². The van der Waals surface area contributed by atoms with Crippen molar-refractivity contribution in [2.45, 2.75) is 32.4 Å². The molecule has 0 aliphatic carbocycles. The van der Waals surface area contributed by atoms with E-state index >= 15 is 0 Å². The number of rotatable bonds is 8. The van der Waals surface area contributed by atoms with Crippen molar-refractivity contribution in [1.29, 1.82) is 0 Å². The Morgan fingerprint density at radius 1 is 1.05 bits per heavy atom. The molecule has 2 aromatic rings. The van der Waals surface area contributed by atoms with Crippen molar-refractivity contribution in [3.63, 3.8) is 0 Å². The highest BCUT2D eigenvalue weighted by Gasteiger charge is 2.09. The van der Waals surface area contributed by atoms with E-state index in [-0.39, 0.29) is 6.04 Å². The van der Waals surface area contributed by atoms with Gasteiger partial charge < -0.3 is 15.2 Å². The summed E-state index contributed by atoms with van der Waals surface area (Å²) in [6.07, 6.45) is 0.488. The van der Waals surface area contributed by atoms with E-state index in [0.29, 0.717) is 13.2 Å². The Kier molecular flexibility index (Phi) is 6.44. The number of nitrogens with one attached hydrogen (secondary N) is 1. The summed E-state index contributed by atoms with van der Waals surface area (Å²) in [6, 6.07) is 18.4. The third-order valence-corrected chi connectivity index (χ3v) is 3.73. The first-order valence-corrected chi connectivity index (χ1v) is 7.87. The maximum atomic E-state index is 10.0. The van der Waals surface area contributed by atoms with Crippen LogP contribution >= 0.6 is 0 Å². The highest BCUT2D eigenvalue weighted by atomic mass is 16.5. The molecule has 0 fully saturated rings. The number of hydrogen-bond acceptors (Lipinski definition) is 3. The summed E-state index contributed by atoms with van der Waals surface area (Å²) in [5, 5.41) is 13.3. The second-order valence-electron chi connectivity index (χ2n) is 5.50. The first kappa shape index (κ1) is 16.5. The van der Waals surface area contributed by atoms with Gasteiger partial charge in [-0.05, 0) is 36.6 Å². The van der Waals surface area contributed by atoms with Crippen molar-refractivity contribution >= 4 is 0 Å². The molecule has 0 unspecified atom stereocenters. The maximum absolute atomic E-state index is 10.0. The largest absolute Gasteiger partial charge is 0.491 e. The van der Waals surface area contributed by atoms with Crippen LogP contribution in [0.4, 0.5) is 0 Å². The van der Waals surface area contributed by atoms with Crippen LogP contribution in [0.5, 0.6) is 5.75 Å². The molecule has 2 rings (SSSR count). The molecule has 2 N–H and O–H groups in total. The Hall–Kier alpha value is -1.84. The first-order valence-electron chi connectivity index (χ1n) is 7.87. The van der Waals surface area contributed by atoms with Gasteiger partial charge in [0.2, 0.25) is 0 Å². The maximum Gasteiger partial charge on any atom is 0.119 e. The summed E-state index contributed by atoms with van der Waals surface area (Å²) in [6.45, 7) is 5.01. The molecule has 2 aromatic carbocycles. The van der Waals surface area contributed by atoms with E-state index in [2.05, 4.69) is 43.4 Å². The molecular weight excluding hydrogens is 274 g/mol. The minimum absolute atomic E-state index is 0.208. The average molecular weight is 299 g/mol. The van der Waals surface area contributed by atoms with Gasteiger partial charge in [0, 0.05) is 12.6 Å². The zero-order valence-corrected chi connectivity index (χ0v) is 13.3. The third kappa shape index (κ3) is 5.17. The number of aryl methyl sites for hydroxylation is 1. The predicted molar refractivity (Wildman–Crippen MR) is 90.2 cm³/mol. The molecule has 0 radical (unpaired) electrons. The van der Waals surface area contributed by atoms with Gasteiger partial charge in [-0.1, -0.05) is 49.4 Å². The first-order chi connectivity index (χ1) is 10.7. The van der Waals surface area contributed by atoms with Gasteiger partial charge in [-0.15, -0.1) is 0 Å².